The minimum Gasteiger partial charge on any atom is -0.493 e. The second-order valence-electron chi connectivity index (χ2n) is 6.47. The van der Waals surface area contributed by atoms with Gasteiger partial charge in [0.25, 0.3) is 0 Å². The van der Waals surface area contributed by atoms with Crippen LogP contribution in [0.4, 0.5) is 0 Å². The highest BCUT2D eigenvalue weighted by atomic mass is 16.5. The van der Waals surface area contributed by atoms with Crippen molar-refractivity contribution in [1.29, 1.82) is 0 Å². The molecule has 3 aromatic rings. The number of fused-ring (bicyclic) bond motifs is 1. The standard InChI is InChI=1S/C22H26N2O4/c1-26-18-13-17-20(22(28-3)21(18)27-2)16(14-24-17)11-12-23-19(25)10-9-15-7-5-4-6-8-15/h4-8,13-14,24H,9-12H2,1-3H3,(H,23,25). The number of nitrogens with one attached hydrogen (secondary N) is 2. The first-order chi connectivity index (χ1) is 13.7. The van der Waals surface area contributed by atoms with Gasteiger partial charge in [-0.3, -0.25) is 4.79 Å². The van der Waals surface area contributed by atoms with Crippen molar-refractivity contribution in [2.75, 3.05) is 27.9 Å². The Hall–Kier alpha value is -3.15. The maximum Gasteiger partial charge on any atom is 0.220 e. The topological polar surface area (TPSA) is 72.6 Å². The normalized spacial score (nSPS) is 10.7. The van der Waals surface area contributed by atoms with Crippen LogP contribution in [0, 0.1) is 0 Å². The maximum atomic E-state index is 12.1. The first-order valence-corrected chi connectivity index (χ1v) is 9.27. The van der Waals surface area contributed by atoms with E-state index in [0.717, 1.165) is 22.9 Å². The molecule has 0 aliphatic rings. The summed E-state index contributed by atoms with van der Waals surface area (Å²) in [6, 6.07) is 11.9. The van der Waals surface area contributed by atoms with Gasteiger partial charge in [0.05, 0.1) is 26.8 Å². The molecule has 0 unspecified atom stereocenters. The molecule has 0 radical (unpaired) electrons. The Bertz CT molecular complexity index is 935. The summed E-state index contributed by atoms with van der Waals surface area (Å²) in [6.07, 6.45) is 3.84. The fraction of sp³-hybridized carbons (Fsp3) is 0.318. The monoisotopic (exact) mass is 382 g/mol. The highest BCUT2D eigenvalue weighted by molar-refractivity contribution is 5.94. The van der Waals surface area contributed by atoms with E-state index in [-0.39, 0.29) is 5.91 Å². The number of carbonyl (C=O) groups excluding carboxylic acids is 1. The summed E-state index contributed by atoms with van der Waals surface area (Å²) in [5, 5.41) is 3.94. The number of aromatic nitrogens is 1. The van der Waals surface area contributed by atoms with E-state index in [2.05, 4.69) is 10.3 Å². The average molecular weight is 382 g/mol. The number of aryl methyl sites for hydroxylation is 1. The lowest BCUT2D eigenvalue weighted by molar-refractivity contribution is -0.121. The first kappa shape index (κ1) is 19.6. The summed E-state index contributed by atoms with van der Waals surface area (Å²) in [5.74, 6) is 1.85. The van der Waals surface area contributed by atoms with Crippen LogP contribution < -0.4 is 19.5 Å². The van der Waals surface area contributed by atoms with E-state index in [1.54, 1.807) is 21.3 Å². The van der Waals surface area contributed by atoms with Gasteiger partial charge in [0.2, 0.25) is 11.7 Å². The van der Waals surface area contributed by atoms with Crippen LogP contribution in [0.25, 0.3) is 10.9 Å². The van der Waals surface area contributed by atoms with Crippen molar-refractivity contribution in [2.24, 2.45) is 0 Å². The van der Waals surface area contributed by atoms with Crippen molar-refractivity contribution < 1.29 is 19.0 Å². The van der Waals surface area contributed by atoms with Gasteiger partial charge in [-0.2, -0.15) is 0 Å². The number of amides is 1. The van der Waals surface area contributed by atoms with E-state index in [4.69, 9.17) is 14.2 Å². The molecule has 0 atom stereocenters. The van der Waals surface area contributed by atoms with E-state index in [9.17, 15) is 4.79 Å². The molecule has 6 heteroatoms. The molecule has 2 aromatic carbocycles. The van der Waals surface area contributed by atoms with Gasteiger partial charge >= 0.3 is 0 Å². The molecule has 0 bridgehead atoms. The van der Waals surface area contributed by atoms with Gasteiger partial charge in [-0.1, -0.05) is 30.3 Å². The van der Waals surface area contributed by atoms with E-state index >= 15 is 0 Å². The summed E-state index contributed by atoms with van der Waals surface area (Å²) < 4.78 is 16.5. The van der Waals surface area contributed by atoms with Crippen molar-refractivity contribution in [3.8, 4) is 17.2 Å². The first-order valence-electron chi connectivity index (χ1n) is 9.27. The summed E-state index contributed by atoms with van der Waals surface area (Å²) in [4.78, 5) is 15.4. The van der Waals surface area contributed by atoms with Crippen molar-refractivity contribution in [3.05, 3.63) is 53.7 Å². The number of H-pyrrole nitrogens is 1. The van der Waals surface area contributed by atoms with Crippen LogP contribution in [0.15, 0.2) is 42.6 Å². The zero-order valence-electron chi connectivity index (χ0n) is 16.5. The number of hydrogen-bond acceptors (Lipinski definition) is 4. The number of benzene rings is 2. The lowest BCUT2D eigenvalue weighted by Crippen LogP contribution is -2.25. The summed E-state index contributed by atoms with van der Waals surface area (Å²) in [6.45, 7) is 0.554. The zero-order valence-corrected chi connectivity index (χ0v) is 16.5. The fourth-order valence-electron chi connectivity index (χ4n) is 3.35. The largest absolute Gasteiger partial charge is 0.493 e. The molecular weight excluding hydrogens is 356 g/mol. The molecule has 1 heterocycles. The minimum absolute atomic E-state index is 0.0508. The number of rotatable bonds is 9. The Balaban J connectivity index is 1.65. The molecule has 3 rings (SSSR count). The molecule has 0 fully saturated rings. The van der Waals surface area contributed by atoms with Gasteiger partial charge in [-0.25, -0.2) is 0 Å². The summed E-state index contributed by atoms with van der Waals surface area (Å²) >= 11 is 0. The number of aromatic amines is 1. The van der Waals surface area contributed by atoms with E-state index in [1.807, 2.05) is 42.6 Å². The lowest BCUT2D eigenvalue weighted by Gasteiger charge is -2.14. The van der Waals surface area contributed by atoms with Gasteiger partial charge in [-0.15, -0.1) is 0 Å². The van der Waals surface area contributed by atoms with Crippen LogP contribution in [-0.2, 0) is 17.6 Å². The Morgan fingerprint density at radius 1 is 1.00 bits per heavy atom. The molecule has 1 amide bonds. The van der Waals surface area contributed by atoms with Crippen LogP contribution in [0.3, 0.4) is 0 Å². The molecule has 0 saturated carbocycles. The van der Waals surface area contributed by atoms with Gasteiger partial charge in [-0.05, 0) is 24.0 Å². The molecule has 28 heavy (non-hydrogen) atoms. The molecule has 0 spiro atoms. The van der Waals surface area contributed by atoms with Crippen LogP contribution in [0.5, 0.6) is 17.2 Å². The molecule has 0 saturated heterocycles. The van der Waals surface area contributed by atoms with Crippen molar-refractivity contribution in [1.82, 2.24) is 10.3 Å². The molecular formula is C22H26N2O4. The SMILES string of the molecule is COc1cc2[nH]cc(CCNC(=O)CCc3ccccc3)c2c(OC)c1OC. The van der Waals surface area contributed by atoms with Crippen LogP contribution in [0.1, 0.15) is 17.5 Å². The Morgan fingerprint density at radius 3 is 2.43 bits per heavy atom. The highest BCUT2D eigenvalue weighted by Gasteiger charge is 2.19. The number of hydrogen-bond donors (Lipinski definition) is 2. The van der Waals surface area contributed by atoms with Gasteiger partial charge in [0.15, 0.2) is 11.5 Å². The number of methoxy groups -OCH3 is 3. The Labute approximate surface area is 164 Å². The Kier molecular flexibility index (Phi) is 6.42. The van der Waals surface area contributed by atoms with E-state index in [0.29, 0.717) is 36.6 Å². The second-order valence-corrected chi connectivity index (χ2v) is 6.47. The smallest absolute Gasteiger partial charge is 0.220 e. The van der Waals surface area contributed by atoms with Gasteiger partial charge in [0.1, 0.15) is 0 Å². The van der Waals surface area contributed by atoms with Crippen molar-refractivity contribution >= 4 is 16.8 Å². The van der Waals surface area contributed by atoms with Crippen LogP contribution in [-0.4, -0.2) is 38.8 Å². The third kappa shape index (κ3) is 4.22. The van der Waals surface area contributed by atoms with Crippen LogP contribution >= 0.6 is 0 Å². The molecule has 0 aliphatic heterocycles. The third-order valence-electron chi connectivity index (χ3n) is 4.75. The van der Waals surface area contributed by atoms with Crippen molar-refractivity contribution in [2.45, 2.75) is 19.3 Å². The fourth-order valence-corrected chi connectivity index (χ4v) is 3.35. The third-order valence-corrected chi connectivity index (χ3v) is 4.75. The summed E-state index contributed by atoms with van der Waals surface area (Å²) in [7, 11) is 4.79. The van der Waals surface area contributed by atoms with Crippen LogP contribution in [0.2, 0.25) is 0 Å². The minimum atomic E-state index is 0.0508. The molecule has 148 valence electrons. The predicted molar refractivity (Wildman–Crippen MR) is 109 cm³/mol. The zero-order chi connectivity index (χ0) is 19.9. The van der Waals surface area contributed by atoms with Gasteiger partial charge in [0, 0.05) is 30.6 Å². The highest BCUT2D eigenvalue weighted by Crippen LogP contribution is 2.44. The number of ether oxygens (including phenoxy) is 3. The summed E-state index contributed by atoms with van der Waals surface area (Å²) in [5.41, 5.74) is 3.12. The van der Waals surface area contributed by atoms with Crippen molar-refractivity contribution in [3.63, 3.8) is 0 Å². The lowest BCUT2D eigenvalue weighted by atomic mass is 10.1. The number of carbonyl (C=O) groups is 1. The molecule has 6 nitrogen and oxygen atoms in total. The Morgan fingerprint density at radius 2 is 1.75 bits per heavy atom. The van der Waals surface area contributed by atoms with Gasteiger partial charge < -0.3 is 24.5 Å². The molecule has 0 aliphatic carbocycles. The maximum absolute atomic E-state index is 12.1. The van der Waals surface area contributed by atoms with E-state index in [1.165, 1.54) is 5.56 Å². The molecule has 1 aromatic heterocycles. The predicted octanol–water partition coefficient (Wildman–Crippen LogP) is 3.49. The van der Waals surface area contributed by atoms with E-state index < -0.39 is 0 Å². The average Bonchev–Trinajstić information content (AvgIpc) is 3.14. The quantitative estimate of drug-likeness (QED) is 0.594. The second kappa shape index (κ2) is 9.17. The molecule has 2 N–H and O–H groups in total.